The van der Waals surface area contributed by atoms with Crippen molar-refractivity contribution in [3.63, 3.8) is 0 Å². The van der Waals surface area contributed by atoms with Crippen molar-refractivity contribution in [3.05, 3.63) is 40.4 Å². The van der Waals surface area contributed by atoms with Crippen LogP contribution in [-0.4, -0.2) is 9.66 Å². The Balaban J connectivity index is 3.06. The SMILES string of the molecule is Cc1nc(=O)c2ccccc2n1N. The highest BCUT2D eigenvalue weighted by molar-refractivity contribution is 5.77. The normalized spacial score (nSPS) is 10.5. The van der Waals surface area contributed by atoms with E-state index in [9.17, 15) is 4.79 Å². The van der Waals surface area contributed by atoms with Gasteiger partial charge < -0.3 is 5.84 Å². The Morgan fingerprint density at radius 3 is 2.85 bits per heavy atom. The molecule has 0 unspecified atom stereocenters. The number of para-hydroxylation sites is 1. The highest BCUT2D eigenvalue weighted by atomic mass is 16.1. The van der Waals surface area contributed by atoms with E-state index in [1.165, 1.54) is 4.68 Å². The van der Waals surface area contributed by atoms with Crippen molar-refractivity contribution >= 4 is 10.9 Å². The third-order valence-corrected chi connectivity index (χ3v) is 2.01. The van der Waals surface area contributed by atoms with E-state index >= 15 is 0 Å². The molecule has 0 aliphatic heterocycles. The van der Waals surface area contributed by atoms with Crippen LogP contribution in [0.15, 0.2) is 29.1 Å². The third-order valence-electron chi connectivity index (χ3n) is 2.01. The lowest BCUT2D eigenvalue weighted by Crippen LogP contribution is -2.21. The summed E-state index contributed by atoms with van der Waals surface area (Å²) in [5.74, 6) is 6.22. The molecule has 0 spiro atoms. The summed E-state index contributed by atoms with van der Waals surface area (Å²) in [5.41, 5.74) is 0.481. The van der Waals surface area contributed by atoms with E-state index in [-0.39, 0.29) is 5.56 Å². The first-order chi connectivity index (χ1) is 6.20. The number of fused-ring (bicyclic) bond motifs is 1. The summed E-state index contributed by atoms with van der Waals surface area (Å²) in [6, 6.07) is 7.14. The van der Waals surface area contributed by atoms with E-state index in [1.807, 2.05) is 6.07 Å². The van der Waals surface area contributed by atoms with Gasteiger partial charge >= 0.3 is 0 Å². The number of benzene rings is 1. The fourth-order valence-corrected chi connectivity index (χ4v) is 1.30. The quantitative estimate of drug-likeness (QED) is 0.590. The largest absolute Gasteiger partial charge is 0.337 e. The van der Waals surface area contributed by atoms with E-state index < -0.39 is 0 Å². The predicted molar refractivity (Wildman–Crippen MR) is 50.9 cm³/mol. The second-order valence-electron chi connectivity index (χ2n) is 2.85. The Hall–Kier alpha value is -1.84. The minimum Gasteiger partial charge on any atom is -0.337 e. The number of nitrogen functional groups attached to an aromatic ring is 1. The lowest BCUT2D eigenvalue weighted by Gasteiger charge is -2.06. The van der Waals surface area contributed by atoms with Crippen LogP contribution >= 0.6 is 0 Å². The maximum absolute atomic E-state index is 11.4. The highest BCUT2D eigenvalue weighted by Crippen LogP contribution is 2.06. The second-order valence-corrected chi connectivity index (χ2v) is 2.85. The molecule has 1 aromatic heterocycles. The Kier molecular flexibility index (Phi) is 1.55. The molecule has 1 aromatic carbocycles. The lowest BCUT2D eigenvalue weighted by molar-refractivity contribution is 0.896. The number of hydrogen-bond donors (Lipinski definition) is 1. The van der Waals surface area contributed by atoms with Gasteiger partial charge in [0, 0.05) is 0 Å². The summed E-state index contributed by atoms with van der Waals surface area (Å²) in [4.78, 5) is 15.2. The van der Waals surface area contributed by atoms with Crippen molar-refractivity contribution in [2.75, 3.05) is 5.84 Å². The Labute approximate surface area is 74.6 Å². The smallest absolute Gasteiger partial charge is 0.280 e. The number of aromatic nitrogens is 2. The first-order valence-electron chi connectivity index (χ1n) is 3.93. The van der Waals surface area contributed by atoms with Gasteiger partial charge in [0.2, 0.25) is 0 Å². The number of aryl methyl sites for hydroxylation is 1. The lowest BCUT2D eigenvalue weighted by atomic mass is 10.2. The van der Waals surface area contributed by atoms with E-state index in [1.54, 1.807) is 25.1 Å². The molecule has 2 rings (SSSR count). The van der Waals surface area contributed by atoms with E-state index in [0.717, 1.165) is 0 Å². The maximum atomic E-state index is 11.4. The molecule has 66 valence electrons. The van der Waals surface area contributed by atoms with Gasteiger partial charge in [-0.2, -0.15) is 4.98 Å². The fraction of sp³-hybridized carbons (Fsp3) is 0.111. The molecule has 13 heavy (non-hydrogen) atoms. The average molecular weight is 175 g/mol. The van der Waals surface area contributed by atoms with E-state index in [2.05, 4.69) is 4.98 Å². The molecule has 0 aliphatic rings. The van der Waals surface area contributed by atoms with Crippen molar-refractivity contribution < 1.29 is 0 Å². The molecule has 0 radical (unpaired) electrons. The first-order valence-corrected chi connectivity index (χ1v) is 3.93. The number of nitrogens with two attached hydrogens (primary N) is 1. The number of rotatable bonds is 0. The zero-order valence-corrected chi connectivity index (χ0v) is 7.19. The van der Waals surface area contributed by atoms with E-state index in [4.69, 9.17) is 5.84 Å². The molecule has 0 fully saturated rings. The van der Waals surface area contributed by atoms with Gasteiger partial charge in [-0.25, -0.2) is 4.68 Å². The summed E-state index contributed by atoms with van der Waals surface area (Å²) in [7, 11) is 0. The Morgan fingerprint density at radius 2 is 2.08 bits per heavy atom. The molecular formula is C9H9N3O. The van der Waals surface area contributed by atoms with Crippen LogP contribution in [0.25, 0.3) is 10.9 Å². The Bertz CT molecular complexity index is 516. The molecule has 0 atom stereocenters. The van der Waals surface area contributed by atoms with E-state index in [0.29, 0.717) is 16.7 Å². The fourth-order valence-electron chi connectivity index (χ4n) is 1.30. The van der Waals surface area contributed by atoms with Crippen LogP contribution < -0.4 is 11.4 Å². The zero-order chi connectivity index (χ0) is 9.42. The third kappa shape index (κ3) is 1.07. The van der Waals surface area contributed by atoms with Gasteiger partial charge in [-0.1, -0.05) is 12.1 Å². The van der Waals surface area contributed by atoms with Crippen molar-refractivity contribution in [1.82, 2.24) is 9.66 Å². The van der Waals surface area contributed by atoms with Crippen molar-refractivity contribution in [2.45, 2.75) is 6.92 Å². The molecular weight excluding hydrogens is 166 g/mol. The zero-order valence-electron chi connectivity index (χ0n) is 7.19. The molecule has 0 aliphatic carbocycles. The number of hydrogen-bond acceptors (Lipinski definition) is 3. The van der Waals surface area contributed by atoms with Crippen LogP contribution in [0.3, 0.4) is 0 Å². The maximum Gasteiger partial charge on any atom is 0.280 e. The molecule has 0 amide bonds. The van der Waals surface area contributed by atoms with Gasteiger partial charge in [0.05, 0.1) is 10.9 Å². The topological polar surface area (TPSA) is 60.9 Å². The van der Waals surface area contributed by atoms with Crippen LogP contribution in [-0.2, 0) is 0 Å². The highest BCUT2D eigenvalue weighted by Gasteiger charge is 2.03. The first kappa shape index (κ1) is 7.79. The molecule has 2 aromatic rings. The summed E-state index contributed by atoms with van der Waals surface area (Å²) in [6.07, 6.45) is 0. The molecule has 0 bridgehead atoms. The molecule has 1 heterocycles. The monoisotopic (exact) mass is 175 g/mol. The molecule has 2 N–H and O–H groups in total. The van der Waals surface area contributed by atoms with Gasteiger partial charge in [0.25, 0.3) is 5.56 Å². The van der Waals surface area contributed by atoms with Crippen LogP contribution in [0.4, 0.5) is 0 Å². The molecule has 0 saturated carbocycles. The summed E-state index contributed by atoms with van der Waals surface area (Å²) >= 11 is 0. The standard InChI is InChI=1S/C9H9N3O/c1-6-11-9(13)7-4-2-3-5-8(7)12(6)10/h2-5H,10H2,1H3. The van der Waals surface area contributed by atoms with Gasteiger partial charge in [-0.3, -0.25) is 4.79 Å². The Morgan fingerprint density at radius 1 is 1.38 bits per heavy atom. The summed E-state index contributed by atoms with van der Waals surface area (Å²) < 4.78 is 1.41. The van der Waals surface area contributed by atoms with Crippen LogP contribution in [0.1, 0.15) is 5.82 Å². The van der Waals surface area contributed by atoms with Gasteiger partial charge in [-0.05, 0) is 19.1 Å². The minimum atomic E-state index is -0.227. The minimum absolute atomic E-state index is 0.227. The van der Waals surface area contributed by atoms with Gasteiger partial charge in [0.1, 0.15) is 5.82 Å². The second kappa shape index (κ2) is 2.58. The van der Waals surface area contributed by atoms with Gasteiger partial charge in [0.15, 0.2) is 0 Å². The predicted octanol–water partition coefficient (Wildman–Crippen LogP) is 0.419. The van der Waals surface area contributed by atoms with Crippen molar-refractivity contribution in [3.8, 4) is 0 Å². The van der Waals surface area contributed by atoms with Crippen LogP contribution in [0.2, 0.25) is 0 Å². The molecule has 4 nitrogen and oxygen atoms in total. The molecule has 4 heteroatoms. The average Bonchev–Trinajstić information content (AvgIpc) is 2.15. The summed E-state index contributed by atoms with van der Waals surface area (Å²) in [6.45, 7) is 1.70. The molecule has 0 saturated heterocycles. The van der Waals surface area contributed by atoms with Crippen molar-refractivity contribution in [2.24, 2.45) is 0 Å². The summed E-state index contributed by atoms with van der Waals surface area (Å²) in [5, 5.41) is 0.551. The van der Waals surface area contributed by atoms with Crippen molar-refractivity contribution in [1.29, 1.82) is 0 Å². The van der Waals surface area contributed by atoms with Gasteiger partial charge in [-0.15, -0.1) is 0 Å². The van der Waals surface area contributed by atoms with Crippen LogP contribution in [0, 0.1) is 6.92 Å². The number of nitrogens with zero attached hydrogens (tertiary/aromatic N) is 2. The van der Waals surface area contributed by atoms with Crippen LogP contribution in [0.5, 0.6) is 0 Å².